The van der Waals surface area contributed by atoms with Gasteiger partial charge >= 0.3 is 15.6 Å². The second kappa shape index (κ2) is 11.6. The number of rotatable bonds is 1. The molecule has 5 rings (SSSR count). The minimum Gasteiger partial charge on any atom is -0.508 e. The molecule has 0 fully saturated rings. The molecule has 0 saturated carbocycles. The van der Waals surface area contributed by atoms with Gasteiger partial charge in [-0.15, -0.1) is 0 Å². The summed E-state index contributed by atoms with van der Waals surface area (Å²) in [4.78, 5) is 0. The highest BCUT2D eigenvalue weighted by Crippen LogP contribution is 2.52. The summed E-state index contributed by atoms with van der Waals surface area (Å²) >= 11 is 7.08. The molecule has 38 heavy (non-hydrogen) atoms. The first kappa shape index (κ1) is 29.9. The number of alkyl halides is 3. The molecule has 0 bridgehead atoms. The molecule has 0 aliphatic heterocycles. The number of phenolic OH excluding ortho intramolecular Hbond substituents is 1. The van der Waals surface area contributed by atoms with Crippen molar-refractivity contribution in [3.8, 4) is 16.9 Å². The number of para-hydroxylation sites is 1. The third-order valence-corrected chi connectivity index (χ3v) is 7.12. The van der Waals surface area contributed by atoms with Crippen molar-refractivity contribution in [3.63, 3.8) is 0 Å². The maximum Gasteiger partial charge on any atom is 0.522 e. The lowest BCUT2D eigenvalue weighted by Gasteiger charge is -2.27. The SMILES string of the molecule is Cc1ccc(C2(O)c3cc(Br)ccc3-c3ccc(Br)cc32)cc1.O=S(=O)(O)C(F)(F)F.Oc1ccccc1. The number of halogens is 5. The zero-order valence-electron chi connectivity index (χ0n) is 19.6. The molecule has 0 spiro atoms. The molecule has 0 radical (unpaired) electrons. The standard InChI is InChI=1S/C20H14Br2O.C6H6O.CHF3O3S/c1-12-2-4-13(5-3-12)20(23)18-10-14(21)6-8-16(18)17-9-7-15(22)11-19(17)20;7-6-4-2-1-3-5-6;2-1(3,4)8(5,6)7/h2-11,23H,1H3;1-5,7H;(H,5,6,7). The van der Waals surface area contributed by atoms with Gasteiger partial charge in [-0.2, -0.15) is 21.6 Å². The summed E-state index contributed by atoms with van der Waals surface area (Å²) in [6.07, 6.45) is 0. The molecular weight excluding hydrogens is 653 g/mol. The Bertz CT molecular complexity index is 1470. The van der Waals surface area contributed by atoms with Crippen molar-refractivity contribution in [3.05, 3.63) is 122 Å². The average Bonchev–Trinajstić information content (AvgIpc) is 3.08. The topological polar surface area (TPSA) is 94.8 Å². The third-order valence-electron chi connectivity index (χ3n) is 5.55. The van der Waals surface area contributed by atoms with E-state index < -0.39 is 21.2 Å². The van der Waals surface area contributed by atoms with Crippen molar-refractivity contribution >= 4 is 42.0 Å². The van der Waals surface area contributed by atoms with Crippen molar-refractivity contribution in [1.29, 1.82) is 0 Å². The highest BCUT2D eigenvalue weighted by atomic mass is 79.9. The number of benzene rings is 4. The smallest absolute Gasteiger partial charge is 0.508 e. The van der Waals surface area contributed by atoms with Crippen LogP contribution in [-0.2, 0) is 15.7 Å². The fourth-order valence-corrected chi connectivity index (χ4v) is 4.50. The minimum atomic E-state index is -5.84. The lowest BCUT2D eigenvalue weighted by atomic mass is 9.84. The van der Waals surface area contributed by atoms with Gasteiger partial charge in [0.1, 0.15) is 11.4 Å². The minimum absolute atomic E-state index is 0.322. The molecule has 0 heterocycles. The molecular formula is C27H21Br2F3O5S. The second-order valence-corrected chi connectivity index (χ2v) is 11.5. The van der Waals surface area contributed by atoms with Gasteiger partial charge in [0, 0.05) is 20.1 Å². The van der Waals surface area contributed by atoms with Crippen LogP contribution in [0.4, 0.5) is 13.2 Å². The van der Waals surface area contributed by atoms with E-state index in [2.05, 4.69) is 50.9 Å². The Morgan fingerprint density at radius 3 is 1.53 bits per heavy atom. The van der Waals surface area contributed by atoms with Crippen molar-refractivity contribution in [2.75, 3.05) is 0 Å². The molecule has 0 saturated heterocycles. The van der Waals surface area contributed by atoms with E-state index in [1.54, 1.807) is 24.3 Å². The number of fused-ring (bicyclic) bond motifs is 3. The lowest BCUT2D eigenvalue weighted by Crippen LogP contribution is -2.26. The molecule has 4 aromatic rings. The lowest BCUT2D eigenvalue weighted by molar-refractivity contribution is -0.0510. The molecule has 0 atom stereocenters. The maximum absolute atomic E-state index is 11.8. The number of hydrogen-bond acceptors (Lipinski definition) is 4. The quantitative estimate of drug-likeness (QED) is 0.143. The Labute approximate surface area is 234 Å². The van der Waals surface area contributed by atoms with Crippen LogP contribution >= 0.6 is 31.9 Å². The van der Waals surface area contributed by atoms with E-state index in [1.165, 1.54) is 5.56 Å². The summed E-state index contributed by atoms with van der Waals surface area (Å²) in [7, 11) is -5.84. The fraction of sp³-hybridized carbons (Fsp3) is 0.111. The summed E-state index contributed by atoms with van der Waals surface area (Å²) < 4.78 is 59.5. The van der Waals surface area contributed by atoms with Crippen LogP contribution in [-0.4, -0.2) is 28.7 Å². The summed E-state index contributed by atoms with van der Waals surface area (Å²) in [6.45, 7) is 2.05. The Hall–Kier alpha value is -2.70. The Balaban J connectivity index is 0.000000219. The molecule has 5 nitrogen and oxygen atoms in total. The predicted octanol–water partition coefficient (Wildman–Crippen LogP) is 7.57. The van der Waals surface area contributed by atoms with Gasteiger partial charge in [0.15, 0.2) is 0 Å². The molecule has 1 aliphatic carbocycles. The van der Waals surface area contributed by atoms with Crippen molar-refractivity contribution in [1.82, 2.24) is 0 Å². The molecule has 200 valence electrons. The number of aromatic hydroxyl groups is 1. The maximum atomic E-state index is 11.8. The Morgan fingerprint density at radius 2 is 1.18 bits per heavy atom. The summed E-state index contributed by atoms with van der Waals surface area (Å²) in [5.74, 6) is 0.322. The van der Waals surface area contributed by atoms with Crippen molar-refractivity contribution in [2.24, 2.45) is 0 Å². The van der Waals surface area contributed by atoms with E-state index in [9.17, 15) is 18.3 Å². The van der Waals surface area contributed by atoms with Gasteiger partial charge in [-0.25, -0.2) is 0 Å². The van der Waals surface area contributed by atoms with Crippen LogP contribution in [0.25, 0.3) is 11.1 Å². The summed E-state index contributed by atoms with van der Waals surface area (Å²) in [5.41, 5.74) is -0.595. The number of hydrogen-bond donors (Lipinski definition) is 3. The highest BCUT2D eigenvalue weighted by Gasteiger charge is 2.44. The first-order valence-electron chi connectivity index (χ1n) is 10.8. The largest absolute Gasteiger partial charge is 0.522 e. The molecule has 3 N–H and O–H groups in total. The fourth-order valence-electron chi connectivity index (χ4n) is 3.78. The highest BCUT2D eigenvalue weighted by molar-refractivity contribution is 9.10. The van der Waals surface area contributed by atoms with E-state index in [1.807, 2.05) is 54.6 Å². The first-order valence-corrected chi connectivity index (χ1v) is 13.8. The van der Waals surface area contributed by atoms with Crippen LogP contribution in [0.5, 0.6) is 5.75 Å². The second-order valence-electron chi connectivity index (χ2n) is 8.21. The molecule has 0 unspecified atom stereocenters. The van der Waals surface area contributed by atoms with E-state index in [4.69, 9.17) is 18.1 Å². The van der Waals surface area contributed by atoms with Crippen molar-refractivity contribution in [2.45, 2.75) is 18.0 Å². The van der Waals surface area contributed by atoms with Crippen LogP contribution in [0.15, 0.2) is 99.9 Å². The van der Waals surface area contributed by atoms with E-state index in [0.29, 0.717) is 5.75 Å². The van der Waals surface area contributed by atoms with Crippen LogP contribution < -0.4 is 0 Å². The summed E-state index contributed by atoms with van der Waals surface area (Å²) in [6, 6.07) is 29.0. The average molecular weight is 674 g/mol. The Morgan fingerprint density at radius 1 is 0.763 bits per heavy atom. The van der Waals surface area contributed by atoms with Gasteiger partial charge in [-0.05, 0) is 60.0 Å². The zero-order valence-corrected chi connectivity index (χ0v) is 23.6. The van der Waals surface area contributed by atoms with Gasteiger partial charge < -0.3 is 10.2 Å². The van der Waals surface area contributed by atoms with Crippen LogP contribution in [0, 0.1) is 6.92 Å². The monoisotopic (exact) mass is 672 g/mol. The number of aryl methyl sites for hydroxylation is 1. The Kier molecular flexibility index (Phi) is 9.10. The predicted molar refractivity (Wildman–Crippen MR) is 146 cm³/mol. The zero-order chi connectivity index (χ0) is 28.3. The molecule has 11 heteroatoms. The first-order chi connectivity index (χ1) is 17.6. The van der Waals surface area contributed by atoms with Crippen molar-refractivity contribution < 1.29 is 36.4 Å². The van der Waals surface area contributed by atoms with E-state index in [0.717, 1.165) is 36.8 Å². The third kappa shape index (κ3) is 6.65. The van der Waals surface area contributed by atoms with Crippen LogP contribution in [0.3, 0.4) is 0 Å². The number of aliphatic hydroxyl groups is 1. The number of phenols is 1. The van der Waals surface area contributed by atoms with Gasteiger partial charge in [0.05, 0.1) is 0 Å². The molecule has 0 amide bonds. The van der Waals surface area contributed by atoms with Crippen LogP contribution in [0.1, 0.15) is 22.3 Å². The summed E-state index contributed by atoms with van der Waals surface area (Å²) in [5, 5.41) is 20.4. The van der Waals surface area contributed by atoms with E-state index >= 15 is 0 Å². The molecule has 4 aromatic carbocycles. The van der Waals surface area contributed by atoms with Gasteiger partial charge in [-0.1, -0.05) is 92.0 Å². The van der Waals surface area contributed by atoms with E-state index in [-0.39, 0.29) is 0 Å². The van der Waals surface area contributed by atoms with Crippen LogP contribution in [0.2, 0.25) is 0 Å². The van der Waals surface area contributed by atoms with Gasteiger partial charge in [0.2, 0.25) is 0 Å². The van der Waals surface area contributed by atoms with Gasteiger partial charge in [0.25, 0.3) is 0 Å². The van der Waals surface area contributed by atoms with Gasteiger partial charge in [-0.3, -0.25) is 4.55 Å². The normalized spacial score (nSPS) is 13.3. The molecule has 1 aliphatic rings. The molecule has 0 aromatic heterocycles.